The fraction of sp³-hybridized carbons (Fsp3) is 0.238. The topological polar surface area (TPSA) is 56.1 Å². The van der Waals surface area contributed by atoms with Crippen molar-refractivity contribution in [2.24, 2.45) is 0 Å². The zero-order valence-electron chi connectivity index (χ0n) is 15.6. The van der Waals surface area contributed by atoms with E-state index in [1.54, 1.807) is 6.07 Å². The van der Waals surface area contributed by atoms with Crippen molar-refractivity contribution < 1.29 is 9.53 Å². The molecule has 1 heterocycles. The first-order valence-electron chi connectivity index (χ1n) is 8.80. The van der Waals surface area contributed by atoms with E-state index in [0.717, 1.165) is 28.4 Å². The van der Waals surface area contributed by atoms with Crippen molar-refractivity contribution in [1.29, 1.82) is 0 Å². The molecular formula is C21H22ClN3O2. The van der Waals surface area contributed by atoms with Crippen molar-refractivity contribution in [3.8, 4) is 5.75 Å². The molecule has 140 valence electrons. The van der Waals surface area contributed by atoms with E-state index in [2.05, 4.69) is 10.4 Å². The Hall–Kier alpha value is -2.79. The first-order valence-corrected chi connectivity index (χ1v) is 9.18. The SMILES string of the molecule is CCOc1ccc(NC(=O)c2cccc(Cn3nc(C)c(Cl)c3C)c2)cc1. The van der Waals surface area contributed by atoms with Crippen molar-refractivity contribution in [3.05, 3.63) is 76.1 Å². The highest BCUT2D eigenvalue weighted by molar-refractivity contribution is 6.31. The van der Waals surface area contributed by atoms with E-state index in [9.17, 15) is 4.79 Å². The van der Waals surface area contributed by atoms with Crippen LogP contribution in [-0.4, -0.2) is 22.3 Å². The number of aromatic nitrogens is 2. The Morgan fingerprint density at radius 1 is 1.19 bits per heavy atom. The maximum absolute atomic E-state index is 12.6. The van der Waals surface area contributed by atoms with Crippen LogP contribution in [0.15, 0.2) is 48.5 Å². The second-order valence-electron chi connectivity index (χ2n) is 6.25. The van der Waals surface area contributed by atoms with Gasteiger partial charge in [0.2, 0.25) is 0 Å². The lowest BCUT2D eigenvalue weighted by atomic mass is 10.1. The van der Waals surface area contributed by atoms with Crippen molar-refractivity contribution in [1.82, 2.24) is 9.78 Å². The van der Waals surface area contributed by atoms with Crippen molar-refractivity contribution >= 4 is 23.2 Å². The van der Waals surface area contributed by atoms with Crippen molar-refractivity contribution in [3.63, 3.8) is 0 Å². The number of hydrogen-bond acceptors (Lipinski definition) is 3. The molecule has 0 aliphatic carbocycles. The smallest absolute Gasteiger partial charge is 0.255 e. The highest BCUT2D eigenvalue weighted by Crippen LogP contribution is 2.20. The second kappa shape index (κ2) is 8.27. The molecule has 0 saturated carbocycles. The zero-order valence-corrected chi connectivity index (χ0v) is 16.4. The summed E-state index contributed by atoms with van der Waals surface area (Å²) in [5.41, 5.74) is 4.02. The molecule has 0 atom stereocenters. The summed E-state index contributed by atoms with van der Waals surface area (Å²) in [6.07, 6.45) is 0. The summed E-state index contributed by atoms with van der Waals surface area (Å²) in [5.74, 6) is 0.619. The van der Waals surface area contributed by atoms with Crippen LogP contribution in [0.5, 0.6) is 5.75 Å². The quantitative estimate of drug-likeness (QED) is 0.661. The van der Waals surface area contributed by atoms with Crippen LogP contribution in [0.1, 0.15) is 34.2 Å². The lowest BCUT2D eigenvalue weighted by molar-refractivity contribution is 0.102. The van der Waals surface area contributed by atoms with Crippen LogP contribution >= 0.6 is 11.6 Å². The third-order valence-electron chi connectivity index (χ3n) is 4.24. The maximum atomic E-state index is 12.6. The van der Waals surface area contributed by atoms with Gasteiger partial charge in [-0.25, -0.2) is 0 Å². The van der Waals surface area contributed by atoms with Gasteiger partial charge in [-0.2, -0.15) is 5.10 Å². The maximum Gasteiger partial charge on any atom is 0.255 e. The molecule has 0 radical (unpaired) electrons. The van der Waals surface area contributed by atoms with E-state index in [4.69, 9.17) is 16.3 Å². The number of anilines is 1. The number of halogens is 1. The second-order valence-corrected chi connectivity index (χ2v) is 6.63. The Bertz CT molecular complexity index is 949. The molecule has 27 heavy (non-hydrogen) atoms. The molecule has 3 rings (SSSR count). The lowest BCUT2D eigenvalue weighted by Gasteiger charge is -2.09. The van der Waals surface area contributed by atoms with Gasteiger partial charge < -0.3 is 10.1 Å². The summed E-state index contributed by atoms with van der Waals surface area (Å²) in [6.45, 7) is 6.92. The Balaban J connectivity index is 1.72. The molecule has 0 spiro atoms. The van der Waals surface area contributed by atoms with Crippen LogP contribution in [0.3, 0.4) is 0 Å². The molecule has 0 aliphatic heterocycles. The van der Waals surface area contributed by atoms with E-state index in [-0.39, 0.29) is 5.91 Å². The lowest BCUT2D eigenvalue weighted by Crippen LogP contribution is -2.13. The van der Waals surface area contributed by atoms with Gasteiger partial charge in [-0.15, -0.1) is 0 Å². The Labute approximate surface area is 163 Å². The third-order valence-corrected chi connectivity index (χ3v) is 4.78. The molecule has 0 bridgehead atoms. The van der Waals surface area contributed by atoms with E-state index >= 15 is 0 Å². The van der Waals surface area contributed by atoms with Crippen molar-refractivity contribution in [2.45, 2.75) is 27.3 Å². The first kappa shape index (κ1) is 19.0. The fourth-order valence-electron chi connectivity index (χ4n) is 2.82. The summed E-state index contributed by atoms with van der Waals surface area (Å²) in [6, 6.07) is 14.8. The third kappa shape index (κ3) is 4.49. The van der Waals surface area contributed by atoms with Crippen LogP contribution in [0.2, 0.25) is 5.02 Å². The minimum Gasteiger partial charge on any atom is -0.494 e. The summed E-state index contributed by atoms with van der Waals surface area (Å²) < 4.78 is 7.26. The molecular weight excluding hydrogens is 362 g/mol. The molecule has 5 nitrogen and oxygen atoms in total. The minimum atomic E-state index is -0.160. The fourth-order valence-corrected chi connectivity index (χ4v) is 2.95. The molecule has 1 aromatic heterocycles. The van der Waals surface area contributed by atoms with Crippen LogP contribution < -0.4 is 10.1 Å². The number of nitrogens with one attached hydrogen (secondary N) is 1. The van der Waals surface area contributed by atoms with Crippen LogP contribution in [0.25, 0.3) is 0 Å². The van der Waals surface area contributed by atoms with Gasteiger partial charge in [0.1, 0.15) is 5.75 Å². The number of carbonyl (C=O) groups is 1. The largest absolute Gasteiger partial charge is 0.494 e. The van der Waals surface area contributed by atoms with Crippen LogP contribution in [-0.2, 0) is 6.54 Å². The number of aryl methyl sites for hydroxylation is 1. The monoisotopic (exact) mass is 383 g/mol. The molecule has 0 fully saturated rings. The predicted octanol–water partition coefficient (Wildman–Crippen LogP) is 4.85. The van der Waals surface area contributed by atoms with Gasteiger partial charge >= 0.3 is 0 Å². The van der Waals surface area contributed by atoms with Gasteiger partial charge in [0.05, 0.1) is 29.6 Å². The van der Waals surface area contributed by atoms with Crippen LogP contribution in [0, 0.1) is 13.8 Å². The highest BCUT2D eigenvalue weighted by Gasteiger charge is 2.11. The molecule has 2 aromatic carbocycles. The number of hydrogen-bond donors (Lipinski definition) is 1. The Morgan fingerprint density at radius 2 is 1.93 bits per heavy atom. The zero-order chi connectivity index (χ0) is 19.4. The Morgan fingerprint density at radius 3 is 2.56 bits per heavy atom. The van der Waals surface area contributed by atoms with Gasteiger partial charge in [0.25, 0.3) is 5.91 Å². The minimum absolute atomic E-state index is 0.160. The summed E-state index contributed by atoms with van der Waals surface area (Å²) in [7, 11) is 0. The molecule has 0 saturated heterocycles. The predicted molar refractivity (Wildman–Crippen MR) is 108 cm³/mol. The average molecular weight is 384 g/mol. The first-order chi connectivity index (χ1) is 13.0. The van der Waals surface area contributed by atoms with Gasteiger partial charge in [-0.05, 0) is 62.7 Å². The van der Waals surface area contributed by atoms with Gasteiger partial charge in [0, 0.05) is 11.3 Å². The van der Waals surface area contributed by atoms with E-state index in [0.29, 0.717) is 23.7 Å². The van der Waals surface area contributed by atoms with Crippen LogP contribution in [0.4, 0.5) is 5.69 Å². The summed E-state index contributed by atoms with van der Waals surface area (Å²) >= 11 is 6.21. The molecule has 3 aromatic rings. The number of benzene rings is 2. The molecule has 1 amide bonds. The van der Waals surface area contributed by atoms with Crippen molar-refractivity contribution in [2.75, 3.05) is 11.9 Å². The number of ether oxygens (including phenoxy) is 1. The van der Waals surface area contributed by atoms with Gasteiger partial charge in [0.15, 0.2) is 0 Å². The standard InChI is InChI=1S/C21H22ClN3O2/c1-4-27-19-10-8-18(9-11-19)23-21(26)17-7-5-6-16(12-17)13-25-15(3)20(22)14(2)24-25/h5-12H,4,13H2,1-3H3,(H,23,26). The number of nitrogens with zero attached hydrogens (tertiary/aromatic N) is 2. The average Bonchev–Trinajstić information content (AvgIpc) is 2.90. The van der Waals surface area contributed by atoms with E-state index in [1.165, 1.54) is 0 Å². The molecule has 0 unspecified atom stereocenters. The van der Waals surface area contributed by atoms with E-state index in [1.807, 2.05) is 67.9 Å². The highest BCUT2D eigenvalue weighted by atomic mass is 35.5. The molecule has 0 aliphatic rings. The normalized spacial score (nSPS) is 10.7. The number of carbonyl (C=O) groups excluding carboxylic acids is 1. The summed E-state index contributed by atoms with van der Waals surface area (Å²) in [5, 5.41) is 8.03. The summed E-state index contributed by atoms with van der Waals surface area (Å²) in [4.78, 5) is 12.6. The molecule has 1 N–H and O–H groups in total. The van der Waals surface area contributed by atoms with Gasteiger partial charge in [-0.1, -0.05) is 23.7 Å². The number of amides is 1. The number of rotatable bonds is 6. The Kier molecular flexibility index (Phi) is 5.81. The molecule has 6 heteroatoms. The van der Waals surface area contributed by atoms with Gasteiger partial charge in [-0.3, -0.25) is 9.48 Å². The van der Waals surface area contributed by atoms with E-state index < -0.39 is 0 Å².